The molecule has 1 aliphatic rings. The zero-order valence-electron chi connectivity index (χ0n) is 12.7. The van der Waals surface area contributed by atoms with Gasteiger partial charge in [-0.05, 0) is 19.3 Å². The largest absolute Gasteiger partial charge is 0.327 e. The molecule has 0 spiro atoms. The van der Waals surface area contributed by atoms with E-state index in [0.29, 0.717) is 0 Å². The van der Waals surface area contributed by atoms with Crippen molar-refractivity contribution in [3.05, 3.63) is 0 Å². The minimum Gasteiger partial charge on any atom is -0.327 e. The summed E-state index contributed by atoms with van der Waals surface area (Å²) in [7, 11) is -0.704. The molecule has 1 rings (SSSR count). The topological polar surface area (TPSA) is 43.1 Å². The molecule has 19 heavy (non-hydrogen) atoms. The Hall–Kier alpha value is 0.110. The van der Waals surface area contributed by atoms with Gasteiger partial charge in [-0.2, -0.15) is 0 Å². The van der Waals surface area contributed by atoms with Gasteiger partial charge in [0.2, 0.25) is 0 Å². The number of rotatable bonds is 4. The Balaban J connectivity index is 2.47. The molecule has 3 unspecified atom stereocenters. The van der Waals surface area contributed by atoms with Crippen molar-refractivity contribution in [2.75, 3.05) is 5.75 Å². The molecule has 3 heteroatoms. The third kappa shape index (κ3) is 7.45. The summed E-state index contributed by atoms with van der Waals surface area (Å²) in [4.78, 5) is 0. The normalized spacial score (nSPS) is 29.2. The van der Waals surface area contributed by atoms with Gasteiger partial charge in [-0.1, -0.05) is 64.7 Å². The van der Waals surface area contributed by atoms with E-state index >= 15 is 0 Å². The lowest BCUT2D eigenvalue weighted by molar-refractivity contribution is 0.467. The lowest BCUT2D eigenvalue weighted by Crippen LogP contribution is -2.38. The van der Waals surface area contributed by atoms with Gasteiger partial charge in [-0.25, -0.2) is 0 Å². The molecule has 0 aromatic rings. The van der Waals surface area contributed by atoms with Crippen LogP contribution in [0.25, 0.3) is 0 Å². The van der Waals surface area contributed by atoms with Crippen molar-refractivity contribution in [3.63, 3.8) is 0 Å². The van der Waals surface area contributed by atoms with Gasteiger partial charge in [0.15, 0.2) is 0 Å². The van der Waals surface area contributed by atoms with Crippen molar-refractivity contribution in [2.45, 2.75) is 95.3 Å². The molecule has 2 N–H and O–H groups in total. The molecule has 1 aliphatic carbocycles. The summed E-state index contributed by atoms with van der Waals surface area (Å²) in [6.45, 7) is 2.16. The van der Waals surface area contributed by atoms with Crippen LogP contribution in [-0.4, -0.2) is 21.3 Å². The van der Waals surface area contributed by atoms with E-state index in [1.165, 1.54) is 51.4 Å². The van der Waals surface area contributed by atoms with Crippen LogP contribution < -0.4 is 5.73 Å². The van der Waals surface area contributed by atoms with Crippen molar-refractivity contribution >= 4 is 10.8 Å². The summed E-state index contributed by atoms with van der Waals surface area (Å²) in [5.41, 5.74) is 6.34. The highest BCUT2D eigenvalue weighted by atomic mass is 32.2. The number of unbranched alkanes of at least 4 members (excludes halogenated alkanes) is 1. The molecule has 0 bridgehead atoms. The quantitative estimate of drug-likeness (QED) is 0.844. The summed E-state index contributed by atoms with van der Waals surface area (Å²) in [6, 6.07) is 0.164. The van der Waals surface area contributed by atoms with Gasteiger partial charge in [-0.15, -0.1) is 0 Å². The van der Waals surface area contributed by atoms with Gasteiger partial charge in [0.05, 0.1) is 0 Å². The molecule has 0 aliphatic heterocycles. The molecule has 1 saturated carbocycles. The summed E-state index contributed by atoms with van der Waals surface area (Å²) in [5.74, 6) is 0.856. The van der Waals surface area contributed by atoms with E-state index in [1.807, 2.05) is 0 Å². The van der Waals surface area contributed by atoms with E-state index in [-0.39, 0.29) is 11.3 Å². The first-order chi connectivity index (χ1) is 9.25. The number of hydrogen-bond acceptors (Lipinski definition) is 2. The first-order valence-electron chi connectivity index (χ1n) is 8.38. The monoisotopic (exact) mass is 287 g/mol. The maximum atomic E-state index is 12.4. The molecule has 0 aromatic heterocycles. The molecule has 2 nitrogen and oxygen atoms in total. The molecular weight excluding hydrogens is 254 g/mol. The SMILES string of the molecule is CCCCS(=O)C1CCCCCCCCCCC1N. The zero-order chi connectivity index (χ0) is 13.9. The van der Waals surface area contributed by atoms with E-state index in [9.17, 15) is 4.21 Å². The second kappa shape index (κ2) is 10.8. The Morgan fingerprint density at radius 2 is 1.47 bits per heavy atom. The molecule has 0 aromatic carbocycles. The van der Waals surface area contributed by atoms with Crippen LogP contribution in [0.15, 0.2) is 0 Å². The fraction of sp³-hybridized carbons (Fsp3) is 1.00. The van der Waals surface area contributed by atoms with Crippen molar-refractivity contribution in [1.29, 1.82) is 0 Å². The summed E-state index contributed by atoms with van der Waals surface area (Å²) < 4.78 is 12.4. The van der Waals surface area contributed by atoms with Crippen molar-refractivity contribution in [2.24, 2.45) is 5.73 Å². The standard InChI is InChI=1S/C16H33NOS/c1-2-3-14-19(18)16-13-11-9-7-5-4-6-8-10-12-15(16)17/h15-16H,2-14,17H2,1H3. The van der Waals surface area contributed by atoms with Crippen LogP contribution in [0.3, 0.4) is 0 Å². The molecule has 0 amide bonds. The van der Waals surface area contributed by atoms with E-state index in [2.05, 4.69) is 6.92 Å². The predicted octanol–water partition coefficient (Wildman–Crippen LogP) is 4.15. The number of hydrogen-bond donors (Lipinski definition) is 1. The molecule has 0 saturated heterocycles. The summed E-state index contributed by atoms with van der Waals surface area (Å²) in [6.07, 6.45) is 14.9. The highest BCUT2D eigenvalue weighted by Crippen LogP contribution is 2.20. The highest BCUT2D eigenvalue weighted by molar-refractivity contribution is 7.85. The van der Waals surface area contributed by atoms with Crippen LogP contribution in [0.1, 0.15) is 84.0 Å². The zero-order valence-corrected chi connectivity index (χ0v) is 13.6. The van der Waals surface area contributed by atoms with Crippen LogP contribution in [0.2, 0.25) is 0 Å². The Kier molecular flexibility index (Phi) is 9.80. The molecule has 3 atom stereocenters. The third-order valence-electron chi connectivity index (χ3n) is 4.29. The van der Waals surface area contributed by atoms with E-state index in [4.69, 9.17) is 5.73 Å². The smallest absolute Gasteiger partial charge is 0.0499 e. The van der Waals surface area contributed by atoms with Crippen LogP contribution in [0, 0.1) is 0 Å². The van der Waals surface area contributed by atoms with Gasteiger partial charge < -0.3 is 5.73 Å². The minimum absolute atomic E-state index is 0.164. The Morgan fingerprint density at radius 1 is 0.947 bits per heavy atom. The van der Waals surface area contributed by atoms with Crippen LogP contribution in [0.5, 0.6) is 0 Å². The Bertz CT molecular complexity index is 245. The lowest BCUT2D eigenvalue weighted by Gasteiger charge is -2.24. The second-order valence-corrected chi connectivity index (χ2v) is 7.82. The highest BCUT2D eigenvalue weighted by Gasteiger charge is 2.23. The summed E-state index contributed by atoms with van der Waals surface area (Å²) in [5, 5.41) is 0.256. The Morgan fingerprint density at radius 3 is 2.05 bits per heavy atom. The molecular formula is C16H33NOS. The van der Waals surface area contributed by atoms with E-state index in [0.717, 1.165) is 31.4 Å². The maximum absolute atomic E-state index is 12.4. The van der Waals surface area contributed by atoms with E-state index < -0.39 is 10.8 Å². The fourth-order valence-corrected chi connectivity index (χ4v) is 4.78. The average Bonchev–Trinajstić information content (AvgIpc) is 2.40. The van der Waals surface area contributed by atoms with Gasteiger partial charge >= 0.3 is 0 Å². The van der Waals surface area contributed by atoms with Gasteiger partial charge in [0, 0.05) is 27.8 Å². The van der Waals surface area contributed by atoms with Crippen LogP contribution in [0.4, 0.5) is 0 Å². The van der Waals surface area contributed by atoms with Crippen LogP contribution >= 0.6 is 0 Å². The third-order valence-corrected chi connectivity index (χ3v) is 6.24. The average molecular weight is 288 g/mol. The molecule has 114 valence electrons. The predicted molar refractivity (Wildman–Crippen MR) is 85.9 cm³/mol. The Labute approximate surface area is 122 Å². The van der Waals surface area contributed by atoms with Crippen molar-refractivity contribution in [3.8, 4) is 0 Å². The minimum atomic E-state index is -0.704. The lowest BCUT2D eigenvalue weighted by atomic mass is 9.98. The van der Waals surface area contributed by atoms with E-state index in [1.54, 1.807) is 0 Å². The number of nitrogens with two attached hydrogens (primary N) is 1. The van der Waals surface area contributed by atoms with Crippen molar-refractivity contribution < 1.29 is 4.21 Å². The fourth-order valence-electron chi connectivity index (χ4n) is 2.95. The van der Waals surface area contributed by atoms with Gasteiger partial charge in [0.1, 0.15) is 0 Å². The first kappa shape index (κ1) is 17.2. The van der Waals surface area contributed by atoms with Crippen molar-refractivity contribution in [1.82, 2.24) is 0 Å². The maximum Gasteiger partial charge on any atom is 0.0499 e. The first-order valence-corrected chi connectivity index (χ1v) is 9.76. The van der Waals surface area contributed by atoms with Crippen LogP contribution in [-0.2, 0) is 10.8 Å². The van der Waals surface area contributed by atoms with Gasteiger partial charge in [0.25, 0.3) is 0 Å². The molecule has 0 heterocycles. The molecule has 0 radical (unpaired) electrons. The van der Waals surface area contributed by atoms with Gasteiger partial charge in [-0.3, -0.25) is 4.21 Å². The second-order valence-electron chi connectivity index (χ2n) is 6.05. The summed E-state index contributed by atoms with van der Waals surface area (Å²) >= 11 is 0. The molecule has 1 fully saturated rings.